The summed E-state index contributed by atoms with van der Waals surface area (Å²) in [4.78, 5) is 17.6. The lowest BCUT2D eigenvalue weighted by molar-refractivity contribution is 0.364. The van der Waals surface area contributed by atoms with Crippen molar-refractivity contribution in [1.29, 1.82) is 0 Å². The van der Waals surface area contributed by atoms with Crippen LogP contribution in [0.3, 0.4) is 0 Å². The van der Waals surface area contributed by atoms with E-state index in [2.05, 4.69) is 0 Å². The lowest BCUT2D eigenvalue weighted by atomic mass is 10.0. The van der Waals surface area contributed by atoms with Crippen molar-refractivity contribution in [1.82, 2.24) is 0 Å². The van der Waals surface area contributed by atoms with Gasteiger partial charge >= 0.3 is 7.60 Å². The summed E-state index contributed by atoms with van der Waals surface area (Å²) in [5.74, 6) is 0. The molecule has 0 radical (unpaired) electrons. The van der Waals surface area contributed by atoms with Crippen molar-refractivity contribution >= 4 is 7.60 Å². The highest BCUT2D eigenvalue weighted by Crippen LogP contribution is 2.34. The number of benzene rings is 1. The summed E-state index contributed by atoms with van der Waals surface area (Å²) in [6.07, 6.45) is 0.142. The Morgan fingerprint density at radius 1 is 1.12 bits per heavy atom. The first-order valence-electron chi connectivity index (χ1n) is 4.98. The SMILES string of the molecule is NC(Cc1ccccc1)C(N)CP(=O)(O)O. The maximum absolute atomic E-state index is 10.8. The molecule has 90 valence electrons. The van der Waals surface area contributed by atoms with Crippen molar-refractivity contribution in [2.45, 2.75) is 18.5 Å². The lowest BCUT2D eigenvalue weighted by Gasteiger charge is -2.20. The molecule has 0 aromatic heterocycles. The minimum Gasteiger partial charge on any atom is -0.326 e. The molecule has 0 saturated heterocycles. The quantitative estimate of drug-likeness (QED) is 0.547. The highest BCUT2D eigenvalue weighted by Gasteiger charge is 2.23. The zero-order valence-electron chi connectivity index (χ0n) is 8.86. The Kier molecular flexibility index (Phi) is 4.65. The van der Waals surface area contributed by atoms with Crippen LogP contribution in [-0.4, -0.2) is 28.0 Å². The van der Waals surface area contributed by atoms with Gasteiger partial charge in [0, 0.05) is 12.1 Å². The molecule has 1 aromatic carbocycles. The van der Waals surface area contributed by atoms with E-state index in [4.69, 9.17) is 21.3 Å². The second kappa shape index (κ2) is 5.57. The average molecular weight is 244 g/mol. The molecule has 6 heteroatoms. The number of nitrogens with two attached hydrogens (primary N) is 2. The largest absolute Gasteiger partial charge is 0.327 e. The zero-order valence-corrected chi connectivity index (χ0v) is 9.75. The van der Waals surface area contributed by atoms with Gasteiger partial charge in [-0.25, -0.2) is 0 Å². The third-order valence-electron chi connectivity index (χ3n) is 2.31. The van der Waals surface area contributed by atoms with E-state index < -0.39 is 19.7 Å². The Labute approximate surface area is 94.6 Å². The Hall–Kier alpha value is -0.710. The van der Waals surface area contributed by atoms with Gasteiger partial charge < -0.3 is 21.3 Å². The van der Waals surface area contributed by atoms with Crippen molar-refractivity contribution in [3.8, 4) is 0 Å². The molecular formula is C10H17N2O3P. The third kappa shape index (κ3) is 4.88. The Bertz CT molecular complexity index is 366. The predicted octanol–water partition coefficient (Wildman–Crippen LogP) is 0.0614. The molecule has 0 saturated carbocycles. The molecule has 2 unspecified atom stereocenters. The minimum atomic E-state index is -4.09. The first kappa shape index (κ1) is 13.4. The molecule has 0 aliphatic rings. The van der Waals surface area contributed by atoms with E-state index in [1.54, 1.807) is 0 Å². The molecule has 6 N–H and O–H groups in total. The smallest absolute Gasteiger partial charge is 0.326 e. The first-order chi connectivity index (χ1) is 7.38. The van der Waals surface area contributed by atoms with Gasteiger partial charge in [0.1, 0.15) is 0 Å². The van der Waals surface area contributed by atoms with E-state index in [0.717, 1.165) is 5.56 Å². The van der Waals surface area contributed by atoms with Crippen molar-refractivity contribution in [3.63, 3.8) is 0 Å². The van der Waals surface area contributed by atoms with Gasteiger partial charge in [-0.3, -0.25) is 4.57 Å². The molecule has 2 atom stereocenters. The highest BCUT2D eigenvalue weighted by molar-refractivity contribution is 7.51. The van der Waals surface area contributed by atoms with Crippen LogP contribution in [0.15, 0.2) is 30.3 Å². The van der Waals surface area contributed by atoms with E-state index in [9.17, 15) is 4.57 Å². The Balaban J connectivity index is 2.52. The van der Waals surface area contributed by atoms with Crippen molar-refractivity contribution in [2.24, 2.45) is 11.5 Å². The molecule has 0 heterocycles. The summed E-state index contributed by atoms with van der Waals surface area (Å²) in [5.41, 5.74) is 12.4. The lowest BCUT2D eigenvalue weighted by Crippen LogP contribution is -2.45. The predicted molar refractivity (Wildman–Crippen MR) is 63.0 cm³/mol. The molecule has 1 rings (SSSR count). The van der Waals surface area contributed by atoms with Crippen molar-refractivity contribution in [2.75, 3.05) is 6.16 Å². The van der Waals surface area contributed by atoms with Gasteiger partial charge in [-0.2, -0.15) is 0 Å². The summed E-state index contributed by atoms with van der Waals surface area (Å²) in [7, 11) is -4.09. The van der Waals surface area contributed by atoms with Crippen molar-refractivity contribution in [3.05, 3.63) is 35.9 Å². The van der Waals surface area contributed by atoms with Gasteiger partial charge in [0.2, 0.25) is 0 Å². The molecule has 0 bridgehead atoms. The number of hydrogen-bond acceptors (Lipinski definition) is 3. The fourth-order valence-electron chi connectivity index (χ4n) is 1.45. The van der Waals surface area contributed by atoms with Crippen LogP contribution in [0.5, 0.6) is 0 Å². The van der Waals surface area contributed by atoms with Crippen LogP contribution in [-0.2, 0) is 11.0 Å². The minimum absolute atomic E-state index is 0.374. The monoisotopic (exact) mass is 244 g/mol. The summed E-state index contributed by atoms with van der Waals surface area (Å²) in [5, 5.41) is 0. The molecule has 1 aromatic rings. The molecule has 16 heavy (non-hydrogen) atoms. The van der Waals surface area contributed by atoms with E-state index in [1.165, 1.54) is 0 Å². The third-order valence-corrected chi connectivity index (χ3v) is 3.21. The fraction of sp³-hybridized carbons (Fsp3) is 0.400. The van der Waals surface area contributed by atoms with E-state index in [0.29, 0.717) is 6.42 Å². The zero-order chi connectivity index (χ0) is 12.2. The maximum atomic E-state index is 10.8. The van der Waals surface area contributed by atoms with Crippen LogP contribution >= 0.6 is 7.60 Å². The van der Waals surface area contributed by atoms with E-state index in [1.807, 2.05) is 30.3 Å². The normalized spacial score (nSPS) is 15.8. The molecular weight excluding hydrogens is 227 g/mol. The maximum Gasteiger partial charge on any atom is 0.327 e. The van der Waals surface area contributed by atoms with Crippen LogP contribution in [0.4, 0.5) is 0 Å². The van der Waals surface area contributed by atoms with Crippen LogP contribution in [0.1, 0.15) is 5.56 Å². The van der Waals surface area contributed by atoms with Crippen molar-refractivity contribution < 1.29 is 14.4 Å². The van der Waals surface area contributed by atoms with Gasteiger partial charge in [-0.1, -0.05) is 30.3 Å². The Morgan fingerprint density at radius 3 is 2.19 bits per heavy atom. The molecule has 0 fully saturated rings. The van der Waals surface area contributed by atoms with Crippen LogP contribution in [0.25, 0.3) is 0 Å². The highest BCUT2D eigenvalue weighted by atomic mass is 31.2. The van der Waals surface area contributed by atoms with Crippen LogP contribution < -0.4 is 11.5 Å². The summed E-state index contributed by atoms with van der Waals surface area (Å²) in [6, 6.07) is 8.34. The van der Waals surface area contributed by atoms with E-state index in [-0.39, 0.29) is 6.16 Å². The molecule has 0 aliphatic heterocycles. The van der Waals surface area contributed by atoms with Gasteiger partial charge in [0.05, 0.1) is 6.16 Å². The average Bonchev–Trinajstić information content (AvgIpc) is 2.16. The summed E-state index contributed by atoms with van der Waals surface area (Å²) >= 11 is 0. The summed E-state index contributed by atoms with van der Waals surface area (Å²) < 4.78 is 10.8. The Morgan fingerprint density at radius 2 is 1.69 bits per heavy atom. The number of rotatable bonds is 5. The van der Waals surface area contributed by atoms with Crippen LogP contribution in [0.2, 0.25) is 0 Å². The van der Waals surface area contributed by atoms with Gasteiger partial charge in [0.15, 0.2) is 0 Å². The standard InChI is InChI=1S/C10H17N2O3P/c11-9(10(12)7-16(13,14)15)6-8-4-2-1-3-5-8/h1-5,9-10H,6-7,11-12H2,(H2,13,14,15). The topological polar surface area (TPSA) is 110 Å². The first-order valence-corrected chi connectivity index (χ1v) is 6.78. The molecule has 0 aliphatic carbocycles. The van der Waals surface area contributed by atoms with Gasteiger partial charge in [-0.05, 0) is 12.0 Å². The number of hydrogen-bond donors (Lipinski definition) is 4. The van der Waals surface area contributed by atoms with Crippen LogP contribution in [0, 0.1) is 0 Å². The molecule has 5 nitrogen and oxygen atoms in total. The second-order valence-electron chi connectivity index (χ2n) is 3.86. The molecule has 0 amide bonds. The second-order valence-corrected chi connectivity index (χ2v) is 5.56. The summed E-state index contributed by atoms with van der Waals surface area (Å²) in [6.45, 7) is 0. The van der Waals surface area contributed by atoms with Gasteiger partial charge in [-0.15, -0.1) is 0 Å². The van der Waals surface area contributed by atoms with E-state index >= 15 is 0 Å². The molecule has 0 spiro atoms. The van der Waals surface area contributed by atoms with Gasteiger partial charge in [0.25, 0.3) is 0 Å². The fourth-order valence-corrected chi connectivity index (χ4v) is 2.27.